The van der Waals surface area contributed by atoms with Crippen LogP contribution in [0.25, 0.3) is 0 Å². The van der Waals surface area contributed by atoms with E-state index in [1.807, 2.05) is 30.3 Å². The summed E-state index contributed by atoms with van der Waals surface area (Å²) in [6, 6.07) is 14.6. The lowest BCUT2D eigenvalue weighted by atomic mass is 10.0. The number of para-hydroxylation sites is 1. The molecule has 3 nitrogen and oxygen atoms in total. The summed E-state index contributed by atoms with van der Waals surface area (Å²) in [6.07, 6.45) is 0. The molecule has 2 rings (SSSR count). The Hall–Kier alpha value is -2.00. The van der Waals surface area contributed by atoms with Crippen molar-refractivity contribution in [1.82, 2.24) is 0 Å². The van der Waals surface area contributed by atoms with Gasteiger partial charge in [0.2, 0.25) is 0 Å². The second kappa shape index (κ2) is 6.44. The van der Waals surface area contributed by atoms with Gasteiger partial charge in [0.15, 0.2) is 0 Å². The summed E-state index contributed by atoms with van der Waals surface area (Å²) in [4.78, 5) is 11.7. The summed E-state index contributed by atoms with van der Waals surface area (Å²) in [7, 11) is 1.35. The molecule has 0 saturated heterocycles. The first kappa shape index (κ1) is 14.4. The minimum Gasteiger partial charge on any atom is -0.465 e. The molecule has 0 aromatic heterocycles. The summed E-state index contributed by atoms with van der Waals surface area (Å²) in [5, 5.41) is -0.316. The molecule has 20 heavy (non-hydrogen) atoms. The number of halogens is 1. The minimum atomic E-state index is -0.404. The summed E-state index contributed by atoms with van der Waals surface area (Å²) in [5.41, 5.74) is 1.14. The lowest BCUT2D eigenvalue weighted by Crippen LogP contribution is -2.06. The van der Waals surface area contributed by atoms with E-state index in [1.54, 1.807) is 25.1 Å². The van der Waals surface area contributed by atoms with Crippen molar-refractivity contribution in [3.8, 4) is 11.5 Å². The standard InChI is InChI=1S/C16H15ClO3/c1-11(17)15-10-13(8-9-14(15)16(18)19-2)20-12-6-4-3-5-7-12/h3-11H,1-2H3. The van der Waals surface area contributed by atoms with Crippen LogP contribution >= 0.6 is 11.6 Å². The molecule has 0 fully saturated rings. The second-order valence-electron chi connectivity index (χ2n) is 4.27. The number of alkyl halides is 1. The molecular formula is C16H15ClO3. The van der Waals surface area contributed by atoms with E-state index in [4.69, 9.17) is 21.1 Å². The van der Waals surface area contributed by atoms with Crippen molar-refractivity contribution in [2.45, 2.75) is 12.3 Å². The highest BCUT2D eigenvalue weighted by Crippen LogP contribution is 2.30. The van der Waals surface area contributed by atoms with Crippen molar-refractivity contribution >= 4 is 17.6 Å². The van der Waals surface area contributed by atoms with Gasteiger partial charge in [0, 0.05) is 0 Å². The van der Waals surface area contributed by atoms with Crippen LogP contribution in [0.3, 0.4) is 0 Å². The maximum atomic E-state index is 11.7. The molecule has 104 valence electrons. The van der Waals surface area contributed by atoms with Crippen LogP contribution in [0, 0.1) is 0 Å². The molecule has 0 N–H and O–H groups in total. The molecule has 0 aliphatic carbocycles. The molecule has 0 saturated carbocycles. The molecule has 2 aromatic carbocycles. The summed E-state index contributed by atoms with van der Waals surface area (Å²) < 4.78 is 10.5. The van der Waals surface area contributed by atoms with Crippen molar-refractivity contribution in [3.05, 3.63) is 59.7 Å². The Morgan fingerprint density at radius 3 is 2.40 bits per heavy atom. The van der Waals surface area contributed by atoms with E-state index in [0.29, 0.717) is 16.9 Å². The lowest BCUT2D eigenvalue weighted by Gasteiger charge is -2.12. The van der Waals surface area contributed by atoms with Gasteiger partial charge in [-0.1, -0.05) is 18.2 Å². The third kappa shape index (κ3) is 3.31. The minimum absolute atomic E-state index is 0.316. The third-order valence-corrected chi connectivity index (χ3v) is 3.07. The molecule has 0 amide bonds. The number of methoxy groups -OCH3 is 1. The van der Waals surface area contributed by atoms with Gasteiger partial charge in [-0.05, 0) is 42.8 Å². The monoisotopic (exact) mass is 290 g/mol. The molecule has 0 heterocycles. The van der Waals surface area contributed by atoms with Crippen LogP contribution in [0.5, 0.6) is 11.5 Å². The topological polar surface area (TPSA) is 35.5 Å². The van der Waals surface area contributed by atoms with Crippen molar-refractivity contribution in [1.29, 1.82) is 0 Å². The molecule has 0 aliphatic heterocycles. The fourth-order valence-electron chi connectivity index (χ4n) is 1.85. The number of rotatable bonds is 4. The highest BCUT2D eigenvalue weighted by Gasteiger charge is 2.16. The number of carbonyl (C=O) groups is 1. The van der Waals surface area contributed by atoms with Crippen molar-refractivity contribution in [2.75, 3.05) is 7.11 Å². The lowest BCUT2D eigenvalue weighted by molar-refractivity contribution is 0.0599. The predicted octanol–water partition coefficient (Wildman–Crippen LogP) is 4.57. The second-order valence-corrected chi connectivity index (χ2v) is 4.93. The van der Waals surface area contributed by atoms with E-state index in [2.05, 4.69) is 0 Å². The van der Waals surface area contributed by atoms with Gasteiger partial charge in [-0.15, -0.1) is 11.6 Å². The van der Waals surface area contributed by atoms with E-state index < -0.39 is 5.97 Å². The van der Waals surface area contributed by atoms with E-state index >= 15 is 0 Å². The van der Waals surface area contributed by atoms with E-state index in [0.717, 1.165) is 5.75 Å². The van der Waals surface area contributed by atoms with Gasteiger partial charge in [0.25, 0.3) is 0 Å². The third-order valence-electron chi connectivity index (χ3n) is 2.84. The van der Waals surface area contributed by atoms with Crippen LogP contribution in [-0.4, -0.2) is 13.1 Å². The molecule has 0 bridgehead atoms. The molecule has 0 radical (unpaired) electrons. The normalized spacial score (nSPS) is 11.8. The molecule has 4 heteroatoms. The molecule has 0 aliphatic rings. The largest absolute Gasteiger partial charge is 0.465 e. The number of ether oxygens (including phenoxy) is 2. The van der Waals surface area contributed by atoms with Gasteiger partial charge < -0.3 is 9.47 Å². The van der Waals surface area contributed by atoms with Crippen LogP contribution in [-0.2, 0) is 4.74 Å². The van der Waals surface area contributed by atoms with E-state index in [1.165, 1.54) is 7.11 Å². The maximum Gasteiger partial charge on any atom is 0.338 e. The number of benzene rings is 2. The average Bonchev–Trinajstić information content (AvgIpc) is 2.47. The Labute approximate surface area is 123 Å². The number of hydrogen-bond acceptors (Lipinski definition) is 3. The van der Waals surface area contributed by atoms with Gasteiger partial charge in [-0.2, -0.15) is 0 Å². The first-order valence-corrected chi connectivity index (χ1v) is 6.64. The van der Waals surface area contributed by atoms with Gasteiger partial charge in [0.05, 0.1) is 18.1 Å². The molecule has 1 unspecified atom stereocenters. The Morgan fingerprint density at radius 1 is 1.10 bits per heavy atom. The first-order valence-electron chi connectivity index (χ1n) is 6.21. The zero-order valence-electron chi connectivity index (χ0n) is 11.3. The van der Waals surface area contributed by atoms with Gasteiger partial charge in [-0.25, -0.2) is 4.79 Å². The Morgan fingerprint density at radius 2 is 1.80 bits per heavy atom. The number of hydrogen-bond donors (Lipinski definition) is 0. The Kier molecular flexibility index (Phi) is 4.64. The van der Waals surface area contributed by atoms with Crippen LogP contribution in [0.4, 0.5) is 0 Å². The van der Waals surface area contributed by atoms with Crippen LogP contribution in [0.1, 0.15) is 28.2 Å². The summed E-state index contributed by atoms with van der Waals surface area (Å²) in [5.74, 6) is 0.955. The van der Waals surface area contributed by atoms with Crippen molar-refractivity contribution in [3.63, 3.8) is 0 Å². The van der Waals surface area contributed by atoms with Crippen molar-refractivity contribution < 1.29 is 14.3 Å². The average molecular weight is 291 g/mol. The van der Waals surface area contributed by atoms with E-state index in [9.17, 15) is 4.79 Å². The van der Waals surface area contributed by atoms with Gasteiger partial charge >= 0.3 is 5.97 Å². The fraction of sp³-hybridized carbons (Fsp3) is 0.188. The zero-order chi connectivity index (χ0) is 14.5. The maximum absolute atomic E-state index is 11.7. The van der Waals surface area contributed by atoms with Crippen LogP contribution in [0.2, 0.25) is 0 Å². The Bertz CT molecular complexity index is 594. The molecule has 0 spiro atoms. The predicted molar refractivity (Wildman–Crippen MR) is 78.6 cm³/mol. The fourth-order valence-corrected chi connectivity index (χ4v) is 2.03. The van der Waals surface area contributed by atoms with E-state index in [-0.39, 0.29) is 5.38 Å². The summed E-state index contributed by atoms with van der Waals surface area (Å²) >= 11 is 6.12. The quantitative estimate of drug-likeness (QED) is 0.611. The molecule has 1 atom stereocenters. The SMILES string of the molecule is COC(=O)c1ccc(Oc2ccccc2)cc1C(C)Cl. The van der Waals surface area contributed by atoms with Crippen LogP contribution < -0.4 is 4.74 Å². The molecular weight excluding hydrogens is 276 g/mol. The van der Waals surface area contributed by atoms with Gasteiger partial charge in [0.1, 0.15) is 11.5 Å². The van der Waals surface area contributed by atoms with Crippen LogP contribution in [0.15, 0.2) is 48.5 Å². The number of esters is 1. The first-order chi connectivity index (χ1) is 9.61. The zero-order valence-corrected chi connectivity index (χ0v) is 12.1. The highest BCUT2D eigenvalue weighted by molar-refractivity contribution is 6.21. The van der Waals surface area contributed by atoms with Gasteiger partial charge in [-0.3, -0.25) is 0 Å². The Balaban J connectivity index is 2.33. The van der Waals surface area contributed by atoms with Crippen molar-refractivity contribution in [2.24, 2.45) is 0 Å². The number of carbonyl (C=O) groups excluding carboxylic acids is 1. The summed E-state index contributed by atoms with van der Waals surface area (Å²) in [6.45, 7) is 1.80. The molecule has 2 aromatic rings. The highest BCUT2D eigenvalue weighted by atomic mass is 35.5. The smallest absolute Gasteiger partial charge is 0.338 e.